The van der Waals surface area contributed by atoms with E-state index in [1.807, 2.05) is 12.3 Å². The summed E-state index contributed by atoms with van der Waals surface area (Å²) in [4.78, 5) is 13.8. The minimum absolute atomic E-state index is 0. The number of hydrogen-bond acceptors (Lipinski definition) is 5. The summed E-state index contributed by atoms with van der Waals surface area (Å²) in [6.07, 6.45) is 6.95. The van der Waals surface area contributed by atoms with Crippen LogP contribution >= 0.6 is 37.2 Å². The largest absolute Gasteiger partial charge is 0.382 e. The third-order valence-electron chi connectivity index (χ3n) is 5.99. The number of piperidine rings is 1. The van der Waals surface area contributed by atoms with Gasteiger partial charge in [0.15, 0.2) is 5.82 Å². The summed E-state index contributed by atoms with van der Waals surface area (Å²) < 4.78 is 2.40. The minimum Gasteiger partial charge on any atom is -0.382 e. The van der Waals surface area contributed by atoms with Crippen molar-refractivity contribution in [1.29, 1.82) is 0 Å². The second-order valence-corrected chi connectivity index (χ2v) is 7.85. The maximum atomic E-state index is 6.37. The van der Waals surface area contributed by atoms with Crippen molar-refractivity contribution in [2.24, 2.45) is 5.92 Å². The fraction of sp³-hybridized carbons (Fsp3) is 0.348. The van der Waals surface area contributed by atoms with Gasteiger partial charge >= 0.3 is 0 Å². The summed E-state index contributed by atoms with van der Waals surface area (Å²) >= 11 is 0. The van der Waals surface area contributed by atoms with Crippen molar-refractivity contribution in [3.8, 4) is 11.1 Å². The molecule has 1 aliphatic heterocycles. The molecule has 3 aromatic heterocycles. The van der Waals surface area contributed by atoms with E-state index in [1.165, 1.54) is 12.8 Å². The average molecular weight is 496 g/mol. The lowest BCUT2D eigenvalue weighted by atomic mass is 9.98. The maximum Gasteiger partial charge on any atom is 0.152 e. The van der Waals surface area contributed by atoms with E-state index < -0.39 is 0 Å². The van der Waals surface area contributed by atoms with Gasteiger partial charge in [0, 0.05) is 36.3 Å². The first-order valence-corrected chi connectivity index (χ1v) is 10.4. The Morgan fingerprint density at radius 1 is 1.06 bits per heavy atom. The third kappa shape index (κ3) is 4.79. The average Bonchev–Trinajstić information content (AvgIpc) is 3.14. The van der Waals surface area contributed by atoms with Crippen LogP contribution in [0.15, 0.2) is 42.7 Å². The zero-order chi connectivity index (χ0) is 19.8. The van der Waals surface area contributed by atoms with E-state index in [0.29, 0.717) is 11.7 Å². The van der Waals surface area contributed by atoms with Gasteiger partial charge in [0.2, 0.25) is 0 Å². The smallest absolute Gasteiger partial charge is 0.152 e. The van der Waals surface area contributed by atoms with Gasteiger partial charge in [-0.2, -0.15) is 0 Å². The zero-order valence-electron chi connectivity index (χ0n) is 18.0. The van der Waals surface area contributed by atoms with E-state index in [1.54, 1.807) is 6.20 Å². The quantitative estimate of drug-likeness (QED) is 0.414. The second kappa shape index (κ2) is 11.1. The number of nitrogen functional groups attached to an aromatic ring is 1. The van der Waals surface area contributed by atoms with Crippen LogP contribution in [0.25, 0.3) is 33.1 Å². The number of halogens is 3. The van der Waals surface area contributed by atoms with Gasteiger partial charge in [-0.15, -0.1) is 37.2 Å². The predicted octanol–water partition coefficient (Wildman–Crippen LogP) is 5.06. The lowest BCUT2D eigenvalue weighted by Gasteiger charge is -2.24. The number of nitrogens with zero attached hydrogens (tertiary/aromatic N) is 4. The third-order valence-corrected chi connectivity index (χ3v) is 5.99. The molecule has 0 unspecified atom stereocenters. The summed E-state index contributed by atoms with van der Waals surface area (Å²) in [5.74, 6) is 2.27. The molecule has 0 amide bonds. The Balaban J connectivity index is 0.00000121. The molecule has 0 atom stereocenters. The maximum absolute atomic E-state index is 6.37. The van der Waals surface area contributed by atoms with Crippen LogP contribution in [-0.4, -0.2) is 32.6 Å². The highest BCUT2D eigenvalue weighted by Gasteiger charge is 2.21. The molecule has 1 aliphatic rings. The van der Waals surface area contributed by atoms with Gasteiger partial charge in [0.05, 0.1) is 11.0 Å². The molecular weight excluding hydrogens is 467 g/mol. The SMILES string of the molecule is CCc1nc2c(N)nc3cc(-c4cccnc4)ccc3c2n1CC1CCNCC1.Cl.Cl.Cl. The van der Waals surface area contributed by atoms with Crippen molar-refractivity contribution >= 4 is 65.0 Å². The summed E-state index contributed by atoms with van der Waals surface area (Å²) in [5.41, 5.74) is 11.4. The summed E-state index contributed by atoms with van der Waals surface area (Å²) in [6, 6.07) is 10.4. The van der Waals surface area contributed by atoms with Crippen molar-refractivity contribution in [1.82, 2.24) is 24.8 Å². The van der Waals surface area contributed by atoms with Crippen LogP contribution in [0.1, 0.15) is 25.6 Å². The molecule has 0 saturated carbocycles. The van der Waals surface area contributed by atoms with Crippen LogP contribution in [0, 0.1) is 5.92 Å². The number of rotatable bonds is 4. The first kappa shape index (κ1) is 26.1. The monoisotopic (exact) mass is 494 g/mol. The molecule has 0 aliphatic carbocycles. The van der Waals surface area contributed by atoms with Gasteiger partial charge in [-0.1, -0.05) is 25.1 Å². The molecule has 1 saturated heterocycles. The second-order valence-electron chi connectivity index (χ2n) is 7.85. The molecule has 0 bridgehead atoms. The number of hydrogen-bond donors (Lipinski definition) is 2. The number of aromatic nitrogens is 4. The van der Waals surface area contributed by atoms with Gasteiger partial charge in [0.25, 0.3) is 0 Å². The molecule has 3 N–H and O–H groups in total. The topological polar surface area (TPSA) is 81.7 Å². The summed E-state index contributed by atoms with van der Waals surface area (Å²) in [6.45, 7) is 5.34. The van der Waals surface area contributed by atoms with Crippen molar-refractivity contribution in [3.63, 3.8) is 0 Å². The minimum atomic E-state index is 0. The molecule has 4 aromatic rings. The van der Waals surface area contributed by atoms with Crippen LogP contribution in [0.2, 0.25) is 0 Å². The lowest BCUT2D eigenvalue weighted by Crippen LogP contribution is -2.30. The molecule has 32 heavy (non-hydrogen) atoms. The van der Waals surface area contributed by atoms with Crippen molar-refractivity contribution in [2.45, 2.75) is 32.7 Å². The van der Waals surface area contributed by atoms with Crippen LogP contribution < -0.4 is 11.1 Å². The molecule has 1 aromatic carbocycles. The van der Waals surface area contributed by atoms with Gasteiger partial charge in [-0.05, 0) is 49.5 Å². The van der Waals surface area contributed by atoms with Crippen molar-refractivity contribution in [3.05, 3.63) is 48.5 Å². The molecular formula is C23H29Cl3N6. The molecule has 9 heteroatoms. The number of nitrogens with one attached hydrogen (secondary N) is 1. The number of fused-ring (bicyclic) bond motifs is 3. The van der Waals surface area contributed by atoms with E-state index in [0.717, 1.165) is 64.9 Å². The molecule has 5 rings (SSSR count). The molecule has 0 radical (unpaired) electrons. The Kier molecular flexibility index (Phi) is 9.10. The predicted molar refractivity (Wildman–Crippen MR) is 139 cm³/mol. The van der Waals surface area contributed by atoms with E-state index in [2.05, 4.69) is 46.1 Å². The van der Waals surface area contributed by atoms with Crippen LogP contribution in [0.4, 0.5) is 5.82 Å². The van der Waals surface area contributed by atoms with E-state index in [9.17, 15) is 0 Å². The van der Waals surface area contributed by atoms with E-state index >= 15 is 0 Å². The fourth-order valence-electron chi connectivity index (χ4n) is 4.46. The van der Waals surface area contributed by atoms with Crippen LogP contribution in [0.3, 0.4) is 0 Å². The van der Waals surface area contributed by atoms with Crippen molar-refractivity contribution in [2.75, 3.05) is 18.8 Å². The molecule has 1 fully saturated rings. The number of imidazole rings is 1. The Morgan fingerprint density at radius 3 is 2.53 bits per heavy atom. The molecule has 4 heterocycles. The molecule has 0 spiro atoms. The zero-order valence-corrected chi connectivity index (χ0v) is 20.4. The highest BCUT2D eigenvalue weighted by Crippen LogP contribution is 2.32. The normalized spacial score (nSPS) is 13.9. The number of anilines is 1. The van der Waals surface area contributed by atoms with Crippen molar-refractivity contribution < 1.29 is 0 Å². The highest BCUT2D eigenvalue weighted by molar-refractivity contribution is 6.07. The summed E-state index contributed by atoms with van der Waals surface area (Å²) in [7, 11) is 0. The van der Waals surface area contributed by atoms with Gasteiger partial charge in [-0.3, -0.25) is 4.98 Å². The van der Waals surface area contributed by atoms with Crippen LogP contribution in [0.5, 0.6) is 0 Å². The standard InChI is InChI=1S/C23H26N6.3ClH/c1-2-20-28-21-22(29(20)14-15-7-10-25-11-8-15)18-6-5-16(12-19(18)27-23(21)24)17-4-3-9-26-13-17;;;/h3-6,9,12-13,15,25H,2,7-8,10-11,14H2,1H3,(H2,24,27);3*1H. The molecule has 172 valence electrons. The van der Waals surface area contributed by atoms with Gasteiger partial charge in [0.1, 0.15) is 11.3 Å². The Labute approximate surface area is 206 Å². The van der Waals surface area contributed by atoms with E-state index in [4.69, 9.17) is 15.7 Å². The molecule has 6 nitrogen and oxygen atoms in total. The Bertz CT molecular complexity index is 1170. The number of pyridine rings is 2. The Hall–Kier alpha value is -2.12. The first-order valence-electron chi connectivity index (χ1n) is 10.4. The Morgan fingerprint density at radius 2 is 1.84 bits per heavy atom. The van der Waals surface area contributed by atoms with Gasteiger partial charge in [-0.25, -0.2) is 9.97 Å². The number of aryl methyl sites for hydroxylation is 1. The number of benzene rings is 1. The summed E-state index contributed by atoms with van der Waals surface area (Å²) in [5, 5.41) is 4.57. The van der Waals surface area contributed by atoms with Gasteiger partial charge < -0.3 is 15.6 Å². The number of nitrogens with two attached hydrogens (primary N) is 1. The first-order chi connectivity index (χ1) is 14.2. The highest BCUT2D eigenvalue weighted by atomic mass is 35.5. The fourth-order valence-corrected chi connectivity index (χ4v) is 4.46. The van der Waals surface area contributed by atoms with Crippen LogP contribution in [-0.2, 0) is 13.0 Å². The van der Waals surface area contributed by atoms with E-state index in [-0.39, 0.29) is 37.2 Å². The lowest BCUT2D eigenvalue weighted by molar-refractivity contribution is 0.333.